The minimum absolute atomic E-state index is 0.0113. The molecule has 0 aromatic heterocycles. The van der Waals surface area contributed by atoms with Crippen LogP contribution in [0.1, 0.15) is 125 Å². The zero-order chi connectivity index (χ0) is 25.7. The molecule has 1 saturated heterocycles. The van der Waals surface area contributed by atoms with Crippen LogP contribution in [-0.2, 0) is 14.0 Å². The lowest BCUT2D eigenvalue weighted by atomic mass is 9.80. The van der Waals surface area contributed by atoms with Crippen LogP contribution in [0.2, 0.25) is 18.1 Å². The summed E-state index contributed by atoms with van der Waals surface area (Å²) in [6, 6.07) is 0. The number of carbonyl (C=O) groups excluding carboxylic acids is 1. The third-order valence-electron chi connectivity index (χ3n) is 8.45. The van der Waals surface area contributed by atoms with Gasteiger partial charge in [-0.15, -0.1) is 0 Å². The molecule has 1 unspecified atom stereocenters. The number of esters is 1. The molecule has 5 heteroatoms. The van der Waals surface area contributed by atoms with Crippen LogP contribution in [0.4, 0.5) is 0 Å². The van der Waals surface area contributed by atoms with E-state index in [0.717, 1.165) is 45.2 Å². The molecule has 4 nitrogen and oxygen atoms in total. The van der Waals surface area contributed by atoms with Gasteiger partial charge in [0.2, 0.25) is 0 Å². The van der Waals surface area contributed by atoms with Crippen molar-refractivity contribution in [3.8, 4) is 0 Å². The second-order valence-electron chi connectivity index (χ2n) is 12.8. The van der Waals surface area contributed by atoms with Crippen LogP contribution in [-0.4, -0.2) is 52.0 Å². The summed E-state index contributed by atoms with van der Waals surface area (Å²) < 4.78 is 12.6. The van der Waals surface area contributed by atoms with E-state index >= 15 is 0 Å². The Morgan fingerprint density at radius 2 is 1.41 bits per heavy atom. The molecule has 1 heterocycles. The number of hydrogen-bond donors (Lipinski definition) is 0. The predicted molar refractivity (Wildman–Crippen MR) is 149 cm³/mol. The normalized spacial score (nSPS) is 18.1. The van der Waals surface area contributed by atoms with E-state index < -0.39 is 8.32 Å². The van der Waals surface area contributed by atoms with Crippen molar-refractivity contribution < 1.29 is 14.0 Å². The maximum atomic E-state index is 13.2. The Bertz CT molecular complexity index is 550. The molecule has 0 spiro atoms. The molecule has 202 valence electrons. The van der Waals surface area contributed by atoms with E-state index in [1.54, 1.807) is 0 Å². The van der Waals surface area contributed by atoms with Crippen molar-refractivity contribution in [1.82, 2.24) is 4.90 Å². The second-order valence-corrected chi connectivity index (χ2v) is 17.6. The highest BCUT2D eigenvalue weighted by Gasteiger charge is 2.39. The van der Waals surface area contributed by atoms with Crippen LogP contribution in [0.5, 0.6) is 0 Å². The zero-order valence-electron chi connectivity index (χ0n) is 24.3. The van der Waals surface area contributed by atoms with Crippen LogP contribution >= 0.6 is 0 Å². The number of unbranched alkanes of at least 4 members (excludes halogenated alkanes) is 9. The molecule has 0 radical (unpaired) electrons. The number of carbonyl (C=O) groups is 1. The minimum atomic E-state index is -1.78. The molecule has 34 heavy (non-hydrogen) atoms. The van der Waals surface area contributed by atoms with Gasteiger partial charge in [0, 0.05) is 13.0 Å². The molecule has 0 amide bonds. The highest BCUT2D eigenvalue weighted by molar-refractivity contribution is 6.74. The van der Waals surface area contributed by atoms with Crippen LogP contribution in [0.3, 0.4) is 0 Å². The summed E-state index contributed by atoms with van der Waals surface area (Å²) >= 11 is 0. The van der Waals surface area contributed by atoms with Gasteiger partial charge in [0.1, 0.15) is 6.10 Å². The third-order valence-corrected chi connectivity index (χ3v) is 13.0. The molecule has 0 saturated carbocycles. The largest absolute Gasteiger partial charge is 0.462 e. The molecule has 1 fully saturated rings. The molecular weight excluding hydrogens is 438 g/mol. The Hall–Kier alpha value is -0.393. The topological polar surface area (TPSA) is 38.8 Å². The average molecular weight is 498 g/mol. The van der Waals surface area contributed by atoms with E-state index in [0.29, 0.717) is 6.61 Å². The number of likely N-dealkylation sites (tertiary alicyclic amines) is 1. The smallest absolute Gasteiger partial charge is 0.312 e. The van der Waals surface area contributed by atoms with Gasteiger partial charge in [0.25, 0.3) is 0 Å². The lowest BCUT2D eigenvalue weighted by molar-refractivity contribution is -0.164. The van der Waals surface area contributed by atoms with Crippen LogP contribution < -0.4 is 0 Å². The first-order valence-electron chi connectivity index (χ1n) is 14.4. The molecule has 0 aromatic carbocycles. The van der Waals surface area contributed by atoms with Gasteiger partial charge in [0.05, 0.1) is 5.41 Å². The summed E-state index contributed by atoms with van der Waals surface area (Å²) in [5, 5.41) is 0.206. The van der Waals surface area contributed by atoms with E-state index in [9.17, 15) is 4.79 Å². The van der Waals surface area contributed by atoms with Crippen LogP contribution in [0, 0.1) is 5.41 Å². The highest BCUT2D eigenvalue weighted by Crippen LogP contribution is 2.37. The lowest BCUT2D eigenvalue weighted by Crippen LogP contribution is -2.43. The molecule has 0 aromatic rings. The van der Waals surface area contributed by atoms with Crippen molar-refractivity contribution >= 4 is 14.3 Å². The second kappa shape index (κ2) is 15.7. The van der Waals surface area contributed by atoms with Gasteiger partial charge in [-0.25, -0.2) is 0 Å². The van der Waals surface area contributed by atoms with E-state index in [4.69, 9.17) is 9.16 Å². The van der Waals surface area contributed by atoms with Crippen molar-refractivity contribution in [2.24, 2.45) is 5.41 Å². The first-order chi connectivity index (χ1) is 15.9. The van der Waals surface area contributed by atoms with Gasteiger partial charge in [-0.1, -0.05) is 85.5 Å². The minimum Gasteiger partial charge on any atom is -0.462 e. The van der Waals surface area contributed by atoms with Crippen molar-refractivity contribution in [3.05, 3.63) is 0 Å². The van der Waals surface area contributed by atoms with Crippen molar-refractivity contribution in [2.75, 3.05) is 26.7 Å². The van der Waals surface area contributed by atoms with Gasteiger partial charge in [-0.2, -0.15) is 0 Å². The Morgan fingerprint density at radius 3 is 1.91 bits per heavy atom. The van der Waals surface area contributed by atoms with Gasteiger partial charge >= 0.3 is 5.97 Å². The lowest BCUT2D eigenvalue weighted by Gasteiger charge is -2.38. The molecule has 1 aliphatic heterocycles. The summed E-state index contributed by atoms with van der Waals surface area (Å²) in [6.45, 7) is 18.5. The maximum Gasteiger partial charge on any atom is 0.312 e. The van der Waals surface area contributed by atoms with Crippen molar-refractivity contribution in [2.45, 2.75) is 149 Å². The van der Waals surface area contributed by atoms with E-state index in [2.05, 4.69) is 59.7 Å². The van der Waals surface area contributed by atoms with E-state index in [1.807, 2.05) is 0 Å². The van der Waals surface area contributed by atoms with E-state index in [-0.39, 0.29) is 22.5 Å². The first-order valence-corrected chi connectivity index (χ1v) is 17.4. The SMILES string of the molecule is CCCCCCCCCCCCC(CCO[Si](C)(C)C(C)(C)C)OC(=O)C1(C)CCN(C)CC1. The number of piperidine rings is 1. The monoisotopic (exact) mass is 497 g/mol. The molecule has 0 aliphatic carbocycles. The number of rotatable bonds is 17. The van der Waals surface area contributed by atoms with Crippen molar-refractivity contribution in [3.63, 3.8) is 0 Å². The zero-order valence-corrected chi connectivity index (χ0v) is 25.3. The fourth-order valence-electron chi connectivity index (χ4n) is 4.39. The maximum absolute atomic E-state index is 13.2. The summed E-state index contributed by atoms with van der Waals surface area (Å²) in [4.78, 5) is 15.5. The Morgan fingerprint density at radius 1 is 0.912 bits per heavy atom. The molecule has 0 N–H and O–H groups in total. The summed E-state index contributed by atoms with van der Waals surface area (Å²) in [5.74, 6) is 0.0185. The summed E-state index contributed by atoms with van der Waals surface area (Å²) in [5.41, 5.74) is -0.331. The van der Waals surface area contributed by atoms with Crippen molar-refractivity contribution in [1.29, 1.82) is 0 Å². The molecule has 1 rings (SSSR count). The van der Waals surface area contributed by atoms with Crippen LogP contribution in [0.25, 0.3) is 0 Å². The number of hydrogen-bond acceptors (Lipinski definition) is 4. The first kappa shape index (κ1) is 31.6. The standard InChI is InChI=1S/C29H59NO3Si/c1-9-10-11-12-13-14-15-16-17-18-19-26(20-25-32-34(7,8)28(2,3)4)33-27(31)29(5)21-23-30(6)24-22-29/h26H,9-25H2,1-8H3. The van der Waals surface area contributed by atoms with Gasteiger partial charge in [0.15, 0.2) is 8.32 Å². The van der Waals surface area contributed by atoms with Gasteiger partial charge in [-0.3, -0.25) is 4.79 Å². The molecule has 1 aliphatic rings. The number of ether oxygens (including phenoxy) is 1. The highest BCUT2D eigenvalue weighted by atomic mass is 28.4. The number of nitrogens with zero attached hydrogens (tertiary/aromatic N) is 1. The molecule has 1 atom stereocenters. The third kappa shape index (κ3) is 12.0. The fourth-order valence-corrected chi connectivity index (χ4v) is 5.45. The fraction of sp³-hybridized carbons (Fsp3) is 0.966. The summed E-state index contributed by atoms with van der Waals surface area (Å²) in [6.07, 6.45) is 16.9. The van der Waals surface area contributed by atoms with Crippen LogP contribution in [0.15, 0.2) is 0 Å². The quantitative estimate of drug-likeness (QED) is 0.115. The molecular formula is C29H59NO3Si. The average Bonchev–Trinajstić information content (AvgIpc) is 2.76. The summed E-state index contributed by atoms with van der Waals surface area (Å²) in [7, 11) is 0.358. The van der Waals surface area contributed by atoms with Gasteiger partial charge < -0.3 is 14.1 Å². The Kier molecular flexibility index (Phi) is 14.6. The Balaban J connectivity index is 2.48. The van der Waals surface area contributed by atoms with E-state index in [1.165, 1.54) is 57.8 Å². The molecule has 0 bridgehead atoms. The Labute approximate surface area is 214 Å². The predicted octanol–water partition coefficient (Wildman–Crippen LogP) is 8.35. The van der Waals surface area contributed by atoms with Gasteiger partial charge in [-0.05, 0) is 70.9 Å².